The highest BCUT2D eigenvalue weighted by Gasteiger charge is 2.15. The highest BCUT2D eigenvalue weighted by Crippen LogP contribution is 2.36. The lowest BCUT2D eigenvalue weighted by Gasteiger charge is -2.12. The summed E-state index contributed by atoms with van der Waals surface area (Å²) in [6.07, 6.45) is 5.91. The van der Waals surface area contributed by atoms with Crippen molar-refractivity contribution in [3.8, 4) is 34.1 Å². The van der Waals surface area contributed by atoms with Crippen LogP contribution >= 0.6 is 0 Å². The number of aryl methyl sites for hydroxylation is 5. The highest BCUT2D eigenvalue weighted by atomic mass is 16.5. The van der Waals surface area contributed by atoms with Crippen LogP contribution < -0.4 is 4.74 Å². The third-order valence-electron chi connectivity index (χ3n) is 7.86. The van der Waals surface area contributed by atoms with Crippen molar-refractivity contribution in [1.82, 2.24) is 19.3 Å². The van der Waals surface area contributed by atoms with Crippen LogP contribution in [0.4, 0.5) is 0 Å². The van der Waals surface area contributed by atoms with Gasteiger partial charge in [0.1, 0.15) is 17.3 Å². The van der Waals surface area contributed by atoms with E-state index in [1.165, 1.54) is 33.2 Å². The molecular formula is C37H32N4O. The van der Waals surface area contributed by atoms with Gasteiger partial charge in [-0.1, -0.05) is 35.9 Å². The Hall–Kier alpha value is -5.16. The number of pyridine rings is 1. The maximum absolute atomic E-state index is 6.51. The van der Waals surface area contributed by atoms with Crippen molar-refractivity contribution in [3.05, 3.63) is 131 Å². The molecule has 42 heavy (non-hydrogen) atoms. The van der Waals surface area contributed by atoms with Gasteiger partial charge in [0, 0.05) is 40.9 Å². The number of rotatable bonds is 5. The van der Waals surface area contributed by atoms with Crippen LogP contribution in [0.3, 0.4) is 0 Å². The first-order chi connectivity index (χ1) is 20.3. The van der Waals surface area contributed by atoms with Gasteiger partial charge < -0.3 is 4.74 Å². The van der Waals surface area contributed by atoms with Gasteiger partial charge in [-0.25, -0.2) is 9.67 Å². The second-order valence-electron chi connectivity index (χ2n) is 11.3. The predicted molar refractivity (Wildman–Crippen MR) is 171 cm³/mol. The van der Waals surface area contributed by atoms with E-state index >= 15 is 0 Å². The molecule has 0 amide bonds. The molecule has 0 saturated carbocycles. The van der Waals surface area contributed by atoms with Gasteiger partial charge >= 0.3 is 0 Å². The average molecular weight is 549 g/mol. The molecule has 0 radical (unpaired) electrons. The molecule has 7 rings (SSSR count). The number of aromatic nitrogens is 4. The van der Waals surface area contributed by atoms with Crippen molar-refractivity contribution in [1.29, 1.82) is 0 Å². The Kier molecular flexibility index (Phi) is 6.16. The Bertz CT molecular complexity index is 2110. The molecule has 0 aliphatic rings. The Balaban J connectivity index is 1.27. The molecule has 4 aromatic carbocycles. The van der Waals surface area contributed by atoms with Crippen molar-refractivity contribution in [2.75, 3.05) is 0 Å². The van der Waals surface area contributed by atoms with Gasteiger partial charge in [0.05, 0.1) is 22.9 Å². The summed E-state index contributed by atoms with van der Waals surface area (Å²) >= 11 is 0. The minimum Gasteiger partial charge on any atom is -0.457 e. The fourth-order valence-corrected chi connectivity index (χ4v) is 6.19. The summed E-state index contributed by atoms with van der Waals surface area (Å²) in [6, 6.07) is 29.6. The molecule has 5 heteroatoms. The van der Waals surface area contributed by atoms with Crippen molar-refractivity contribution < 1.29 is 4.74 Å². The molecule has 0 saturated heterocycles. The minimum atomic E-state index is 0.764. The Morgan fingerprint density at radius 1 is 0.643 bits per heavy atom. The van der Waals surface area contributed by atoms with Crippen molar-refractivity contribution in [2.24, 2.45) is 0 Å². The molecule has 0 aliphatic heterocycles. The first-order valence-electron chi connectivity index (χ1n) is 14.2. The zero-order valence-corrected chi connectivity index (χ0v) is 24.5. The van der Waals surface area contributed by atoms with Crippen LogP contribution in [-0.2, 0) is 0 Å². The van der Waals surface area contributed by atoms with E-state index in [0.29, 0.717) is 0 Å². The summed E-state index contributed by atoms with van der Waals surface area (Å²) in [5, 5.41) is 7.08. The Morgan fingerprint density at radius 3 is 2.21 bits per heavy atom. The van der Waals surface area contributed by atoms with E-state index in [4.69, 9.17) is 14.8 Å². The minimum absolute atomic E-state index is 0.764. The predicted octanol–water partition coefficient (Wildman–Crippen LogP) is 9.37. The molecule has 3 aromatic heterocycles. The van der Waals surface area contributed by atoms with Gasteiger partial charge in [0.2, 0.25) is 0 Å². The monoisotopic (exact) mass is 548 g/mol. The van der Waals surface area contributed by atoms with Gasteiger partial charge in [-0.15, -0.1) is 0 Å². The van der Waals surface area contributed by atoms with Gasteiger partial charge in [0.25, 0.3) is 0 Å². The van der Waals surface area contributed by atoms with E-state index < -0.39 is 0 Å². The van der Waals surface area contributed by atoms with E-state index in [1.54, 1.807) is 0 Å². The lowest BCUT2D eigenvalue weighted by molar-refractivity contribution is 0.482. The highest BCUT2D eigenvalue weighted by molar-refractivity contribution is 6.09. The number of hydrogen-bond acceptors (Lipinski definition) is 3. The topological polar surface area (TPSA) is 44.9 Å². The standard InChI is InChI=1S/C37H32N4O/c1-23-12-13-38-36(18-23)41-34-9-7-6-8-32(34)33-11-10-30(20-35(33)41)42-31-17-25(3)16-29(19-31)40-22-28(21-39-40)37-26(4)14-24(2)15-27(37)5/h6-22H,1-5H3. The zero-order valence-electron chi connectivity index (χ0n) is 24.5. The van der Waals surface area contributed by atoms with E-state index in [2.05, 4.69) is 112 Å². The molecule has 7 aromatic rings. The third kappa shape index (κ3) is 4.53. The second kappa shape index (κ2) is 10.0. The van der Waals surface area contributed by atoms with E-state index in [9.17, 15) is 0 Å². The average Bonchev–Trinajstić information content (AvgIpc) is 3.55. The lowest BCUT2D eigenvalue weighted by Crippen LogP contribution is -1.98. The fraction of sp³-hybridized carbons (Fsp3) is 0.135. The fourth-order valence-electron chi connectivity index (χ4n) is 6.19. The van der Waals surface area contributed by atoms with Crippen LogP contribution in [0.15, 0.2) is 104 Å². The summed E-state index contributed by atoms with van der Waals surface area (Å²) < 4.78 is 10.7. The van der Waals surface area contributed by atoms with Gasteiger partial charge in [-0.3, -0.25) is 4.57 Å². The van der Waals surface area contributed by atoms with E-state index in [0.717, 1.165) is 50.6 Å². The van der Waals surface area contributed by atoms with Crippen molar-refractivity contribution in [2.45, 2.75) is 34.6 Å². The van der Waals surface area contributed by atoms with Crippen LogP contribution in [0.25, 0.3) is 44.4 Å². The summed E-state index contributed by atoms with van der Waals surface area (Å²) in [4.78, 5) is 4.70. The third-order valence-corrected chi connectivity index (χ3v) is 7.86. The zero-order chi connectivity index (χ0) is 29.0. The SMILES string of the molecule is Cc1cc(Oc2ccc3c4ccccc4n(-c4cc(C)ccn4)c3c2)cc(-n2cc(-c3c(C)cc(C)cc3C)cn2)c1. The van der Waals surface area contributed by atoms with Crippen LogP contribution in [0.1, 0.15) is 27.8 Å². The van der Waals surface area contributed by atoms with Crippen molar-refractivity contribution in [3.63, 3.8) is 0 Å². The van der Waals surface area contributed by atoms with Crippen molar-refractivity contribution >= 4 is 21.8 Å². The molecule has 0 N–H and O–H groups in total. The van der Waals surface area contributed by atoms with Gasteiger partial charge in [-0.2, -0.15) is 5.10 Å². The quantitative estimate of drug-likeness (QED) is 0.215. The molecule has 3 heterocycles. The molecule has 0 unspecified atom stereocenters. The molecule has 0 aliphatic carbocycles. The number of nitrogens with zero attached hydrogens (tertiary/aromatic N) is 4. The normalized spacial score (nSPS) is 11.5. The molecule has 0 spiro atoms. The number of fused-ring (bicyclic) bond motifs is 3. The van der Waals surface area contributed by atoms with Gasteiger partial charge in [0.15, 0.2) is 0 Å². The van der Waals surface area contributed by atoms with Crippen LogP contribution in [-0.4, -0.2) is 19.3 Å². The first kappa shape index (κ1) is 25.8. The summed E-state index contributed by atoms with van der Waals surface area (Å²) in [7, 11) is 0. The first-order valence-corrected chi connectivity index (χ1v) is 14.2. The maximum atomic E-state index is 6.51. The van der Waals surface area contributed by atoms with Crippen LogP contribution in [0, 0.1) is 34.6 Å². The smallest absolute Gasteiger partial charge is 0.137 e. The molecule has 0 fully saturated rings. The molecule has 0 bridgehead atoms. The molecule has 5 nitrogen and oxygen atoms in total. The number of para-hydroxylation sites is 1. The molecule has 0 atom stereocenters. The summed E-state index contributed by atoms with van der Waals surface area (Å²) in [5.74, 6) is 2.42. The molecule has 206 valence electrons. The van der Waals surface area contributed by atoms with Crippen LogP contribution in [0.5, 0.6) is 11.5 Å². The maximum Gasteiger partial charge on any atom is 0.137 e. The van der Waals surface area contributed by atoms with E-state index in [-0.39, 0.29) is 0 Å². The Morgan fingerprint density at radius 2 is 1.40 bits per heavy atom. The summed E-state index contributed by atoms with van der Waals surface area (Å²) in [6.45, 7) is 10.6. The molecular weight excluding hydrogens is 516 g/mol. The lowest BCUT2D eigenvalue weighted by atomic mass is 9.96. The number of ether oxygens (including phenoxy) is 1. The number of hydrogen-bond donors (Lipinski definition) is 0. The largest absolute Gasteiger partial charge is 0.457 e. The number of benzene rings is 4. The van der Waals surface area contributed by atoms with E-state index in [1.807, 2.05) is 35.3 Å². The Labute approximate surface area is 245 Å². The van der Waals surface area contributed by atoms with Crippen LogP contribution in [0.2, 0.25) is 0 Å². The second-order valence-corrected chi connectivity index (χ2v) is 11.3. The summed E-state index contributed by atoms with van der Waals surface area (Å²) in [5.41, 5.74) is 11.5. The van der Waals surface area contributed by atoms with Gasteiger partial charge in [-0.05, 0) is 105 Å².